The van der Waals surface area contributed by atoms with Gasteiger partial charge in [0.15, 0.2) is 11.5 Å². The fourth-order valence-electron chi connectivity index (χ4n) is 3.15. The van der Waals surface area contributed by atoms with E-state index in [-0.39, 0.29) is 23.8 Å². The Morgan fingerprint density at radius 2 is 1.93 bits per heavy atom. The number of carbonyl (C=O) groups excluding carboxylic acids is 1. The summed E-state index contributed by atoms with van der Waals surface area (Å²) in [5.41, 5.74) is 0. The van der Waals surface area contributed by atoms with Crippen LogP contribution >= 0.6 is 0 Å². The number of carboxylic acid groups (broad SMARTS) is 1. The first-order valence-electron chi connectivity index (χ1n) is 8.80. The Labute approximate surface area is 157 Å². The van der Waals surface area contributed by atoms with Gasteiger partial charge in [0.1, 0.15) is 6.04 Å². The molecule has 3 rings (SSSR count). The van der Waals surface area contributed by atoms with Gasteiger partial charge < -0.3 is 19.5 Å². The topological polar surface area (TPSA) is 122 Å². The van der Waals surface area contributed by atoms with E-state index in [0.29, 0.717) is 50.5 Å². The summed E-state index contributed by atoms with van der Waals surface area (Å²) in [6.07, 6.45) is 1.66. The number of benzene rings is 1. The second kappa shape index (κ2) is 8.13. The van der Waals surface area contributed by atoms with E-state index in [1.165, 1.54) is 17.0 Å². The van der Waals surface area contributed by atoms with E-state index >= 15 is 0 Å². The molecular weight excluding hydrogens is 376 g/mol. The number of amides is 1. The van der Waals surface area contributed by atoms with Gasteiger partial charge in [-0.15, -0.1) is 0 Å². The lowest BCUT2D eigenvalue weighted by molar-refractivity contribution is -0.148. The van der Waals surface area contributed by atoms with Gasteiger partial charge in [-0.25, -0.2) is 17.9 Å². The number of carbonyl (C=O) groups is 2. The molecule has 0 spiro atoms. The van der Waals surface area contributed by atoms with Crippen LogP contribution in [0, 0.1) is 0 Å². The monoisotopic (exact) mass is 398 g/mol. The van der Waals surface area contributed by atoms with Crippen molar-refractivity contribution in [3.8, 4) is 11.5 Å². The lowest BCUT2D eigenvalue weighted by Gasteiger charge is -2.21. The minimum absolute atomic E-state index is 0.0174. The van der Waals surface area contributed by atoms with Crippen LogP contribution < -0.4 is 14.2 Å². The molecule has 0 aromatic heterocycles. The highest BCUT2D eigenvalue weighted by molar-refractivity contribution is 7.89. The Kier molecular flexibility index (Phi) is 5.85. The van der Waals surface area contributed by atoms with Gasteiger partial charge in [-0.2, -0.15) is 0 Å². The fraction of sp³-hybridized carbons (Fsp3) is 0.529. The van der Waals surface area contributed by atoms with Crippen molar-refractivity contribution in [1.82, 2.24) is 9.62 Å². The minimum atomic E-state index is -3.83. The first-order valence-corrected chi connectivity index (χ1v) is 10.3. The van der Waals surface area contributed by atoms with Crippen LogP contribution in [0.1, 0.15) is 25.7 Å². The average Bonchev–Trinajstić information content (AvgIpc) is 3.01. The summed E-state index contributed by atoms with van der Waals surface area (Å²) in [7, 11) is -3.83. The van der Waals surface area contributed by atoms with Crippen LogP contribution in [-0.4, -0.2) is 62.6 Å². The summed E-state index contributed by atoms with van der Waals surface area (Å²) >= 11 is 0. The van der Waals surface area contributed by atoms with Crippen LogP contribution in [0.4, 0.5) is 0 Å². The molecule has 9 nitrogen and oxygen atoms in total. The average molecular weight is 398 g/mol. The number of sulfonamides is 1. The van der Waals surface area contributed by atoms with E-state index in [9.17, 15) is 18.0 Å². The maximum Gasteiger partial charge on any atom is 0.326 e. The zero-order valence-corrected chi connectivity index (χ0v) is 15.5. The predicted molar refractivity (Wildman–Crippen MR) is 94.2 cm³/mol. The molecule has 1 unspecified atom stereocenters. The minimum Gasteiger partial charge on any atom is -0.490 e. The molecule has 2 N–H and O–H groups in total. The summed E-state index contributed by atoms with van der Waals surface area (Å²) < 4.78 is 38.3. The number of likely N-dealkylation sites (tertiary alicyclic amines) is 1. The smallest absolute Gasteiger partial charge is 0.326 e. The summed E-state index contributed by atoms with van der Waals surface area (Å²) in [6.45, 7) is 1.22. The summed E-state index contributed by atoms with van der Waals surface area (Å²) in [6, 6.07) is 3.53. The second-order valence-corrected chi connectivity index (χ2v) is 8.16. The van der Waals surface area contributed by atoms with Gasteiger partial charge in [0.25, 0.3) is 0 Å². The van der Waals surface area contributed by atoms with E-state index in [1.807, 2.05) is 0 Å². The highest BCUT2D eigenvalue weighted by Crippen LogP contribution is 2.31. The molecule has 1 aromatic rings. The number of fused-ring (bicyclic) bond motifs is 1. The van der Waals surface area contributed by atoms with Crippen LogP contribution in [0.3, 0.4) is 0 Å². The van der Waals surface area contributed by atoms with Gasteiger partial charge in [-0.05, 0) is 25.0 Å². The van der Waals surface area contributed by atoms with E-state index in [1.54, 1.807) is 6.07 Å². The third-order valence-electron chi connectivity index (χ3n) is 4.52. The SMILES string of the molecule is O=C(O)C1CCCN1C(=O)CCNS(=O)(=O)c1ccc2c(c1)OCCCO2. The lowest BCUT2D eigenvalue weighted by Crippen LogP contribution is -2.41. The molecule has 27 heavy (non-hydrogen) atoms. The zero-order valence-electron chi connectivity index (χ0n) is 14.7. The van der Waals surface area contributed by atoms with Crippen LogP contribution in [0.15, 0.2) is 23.1 Å². The summed E-state index contributed by atoms with van der Waals surface area (Å²) in [5.74, 6) is -0.543. The fourth-order valence-corrected chi connectivity index (χ4v) is 4.20. The van der Waals surface area contributed by atoms with E-state index in [0.717, 1.165) is 0 Å². The zero-order chi connectivity index (χ0) is 19.4. The Bertz CT molecular complexity index is 825. The normalized spacial score (nSPS) is 19.6. The number of nitrogens with zero attached hydrogens (tertiary/aromatic N) is 1. The molecule has 2 aliphatic rings. The Balaban J connectivity index is 1.59. The van der Waals surface area contributed by atoms with Gasteiger partial charge in [0.2, 0.25) is 15.9 Å². The van der Waals surface area contributed by atoms with Gasteiger partial charge in [0.05, 0.1) is 18.1 Å². The Hall–Kier alpha value is -2.33. The van der Waals surface area contributed by atoms with Gasteiger partial charge in [-0.1, -0.05) is 0 Å². The Morgan fingerprint density at radius 1 is 1.19 bits per heavy atom. The summed E-state index contributed by atoms with van der Waals surface area (Å²) in [5, 5.41) is 9.13. The van der Waals surface area contributed by atoms with Crippen LogP contribution in [0.2, 0.25) is 0 Å². The number of ether oxygens (including phenoxy) is 2. The molecule has 0 radical (unpaired) electrons. The number of aliphatic carboxylic acids is 1. The Morgan fingerprint density at radius 3 is 2.67 bits per heavy atom. The number of hydrogen-bond acceptors (Lipinski definition) is 6. The quantitative estimate of drug-likeness (QED) is 0.719. The lowest BCUT2D eigenvalue weighted by atomic mass is 10.2. The molecule has 10 heteroatoms. The van der Waals surface area contributed by atoms with E-state index in [2.05, 4.69) is 4.72 Å². The van der Waals surface area contributed by atoms with E-state index in [4.69, 9.17) is 14.6 Å². The number of hydrogen-bond donors (Lipinski definition) is 2. The first-order chi connectivity index (χ1) is 12.9. The molecular formula is C17H22N2O7S. The third kappa shape index (κ3) is 4.51. The number of carboxylic acids is 1. The van der Waals surface area contributed by atoms with Crippen LogP contribution in [0.5, 0.6) is 11.5 Å². The molecule has 1 aromatic carbocycles. The van der Waals surface area contributed by atoms with Crippen molar-refractivity contribution in [3.63, 3.8) is 0 Å². The molecule has 1 saturated heterocycles. The van der Waals surface area contributed by atoms with Crippen molar-refractivity contribution in [2.24, 2.45) is 0 Å². The summed E-state index contributed by atoms with van der Waals surface area (Å²) in [4.78, 5) is 24.7. The van der Waals surface area contributed by atoms with Crippen molar-refractivity contribution in [1.29, 1.82) is 0 Å². The van der Waals surface area contributed by atoms with Crippen LogP contribution in [0.25, 0.3) is 0 Å². The molecule has 0 bridgehead atoms. The van der Waals surface area contributed by atoms with Crippen molar-refractivity contribution >= 4 is 21.9 Å². The van der Waals surface area contributed by atoms with Crippen LogP contribution in [-0.2, 0) is 19.6 Å². The molecule has 1 fully saturated rings. The highest BCUT2D eigenvalue weighted by atomic mass is 32.2. The van der Waals surface area contributed by atoms with Crippen molar-refractivity contribution < 1.29 is 32.6 Å². The molecule has 0 saturated carbocycles. The predicted octanol–water partition coefficient (Wildman–Crippen LogP) is 0.592. The molecule has 148 valence electrons. The molecule has 2 heterocycles. The molecule has 1 amide bonds. The van der Waals surface area contributed by atoms with Crippen molar-refractivity contribution in [2.45, 2.75) is 36.6 Å². The van der Waals surface area contributed by atoms with Gasteiger partial charge in [-0.3, -0.25) is 4.79 Å². The standard InChI is InChI=1S/C17H22N2O7S/c20-16(19-8-1-3-13(19)17(21)22)6-7-18-27(23,24)12-4-5-14-15(11-12)26-10-2-9-25-14/h4-5,11,13,18H,1-3,6-10H2,(H,21,22). The number of rotatable bonds is 6. The van der Waals surface area contributed by atoms with Crippen molar-refractivity contribution in [2.75, 3.05) is 26.3 Å². The van der Waals surface area contributed by atoms with Gasteiger partial charge in [0, 0.05) is 32.0 Å². The molecule has 1 atom stereocenters. The van der Waals surface area contributed by atoms with E-state index < -0.39 is 22.0 Å². The van der Waals surface area contributed by atoms with Crippen molar-refractivity contribution in [3.05, 3.63) is 18.2 Å². The van der Waals surface area contributed by atoms with Gasteiger partial charge >= 0.3 is 5.97 Å². The maximum atomic E-state index is 12.5. The first kappa shape index (κ1) is 19.4. The largest absolute Gasteiger partial charge is 0.490 e. The number of nitrogens with one attached hydrogen (secondary N) is 1. The molecule has 0 aliphatic carbocycles. The highest BCUT2D eigenvalue weighted by Gasteiger charge is 2.33. The maximum absolute atomic E-state index is 12.5. The second-order valence-electron chi connectivity index (χ2n) is 6.39. The molecule has 2 aliphatic heterocycles. The third-order valence-corrected chi connectivity index (χ3v) is 5.98.